The van der Waals surface area contributed by atoms with E-state index in [-0.39, 0.29) is 11.0 Å². The fourth-order valence-electron chi connectivity index (χ4n) is 4.01. The van der Waals surface area contributed by atoms with E-state index in [1.54, 1.807) is 10.7 Å². The number of hydrogen-bond donors (Lipinski definition) is 0. The Morgan fingerprint density at radius 3 is 2.68 bits per heavy atom. The lowest BCUT2D eigenvalue weighted by Crippen LogP contribution is -2.37. The molecule has 0 amide bonds. The van der Waals surface area contributed by atoms with Crippen molar-refractivity contribution < 1.29 is 4.74 Å². The summed E-state index contributed by atoms with van der Waals surface area (Å²) in [6, 6.07) is 3.52. The van der Waals surface area contributed by atoms with Gasteiger partial charge in [0.05, 0.1) is 18.0 Å². The lowest BCUT2D eigenvalue weighted by atomic mass is 9.92. The van der Waals surface area contributed by atoms with Crippen LogP contribution in [0.4, 0.5) is 0 Å². The van der Waals surface area contributed by atoms with Crippen LogP contribution in [0.5, 0.6) is 0 Å². The predicted molar refractivity (Wildman–Crippen MR) is 107 cm³/mol. The number of ether oxygens (including phenoxy) is 1. The van der Waals surface area contributed by atoms with Crippen LogP contribution in [0.25, 0.3) is 0 Å². The molecule has 28 heavy (non-hydrogen) atoms. The average Bonchev–Trinajstić information content (AvgIpc) is 3.06. The Bertz CT molecular complexity index is 848. The van der Waals surface area contributed by atoms with E-state index in [4.69, 9.17) is 9.72 Å². The van der Waals surface area contributed by atoms with Crippen LogP contribution in [-0.2, 0) is 36.4 Å². The number of aromatic nitrogens is 4. The third-order valence-corrected chi connectivity index (χ3v) is 5.78. The maximum Gasteiger partial charge on any atom is 0.266 e. The zero-order chi connectivity index (χ0) is 19.7. The molecule has 7 heteroatoms. The van der Waals surface area contributed by atoms with E-state index in [2.05, 4.69) is 41.5 Å². The van der Waals surface area contributed by atoms with Gasteiger partial charge in [-0.15, -0.1) is 0 Å². The Morgan fingerprint density at radius 2 is 1.96 bits per heavy atom. The second kappa shape index (κ2) is 7.79. The van der Waals surface area contributed by atoms with Crippen molar-refractivity contribution in [1.82, 2.24) is 24.2 Å². The smallest absolute Gasteiger partial charge is 0.266 e. The first-order valence-corrected chi connectivity index (χ1v) is 10.3. The molecule has 2 aliphatic heterocycles. The van der Waals surface area contributed by atoms with Gasteiger partial charge in [0.1, 0.15) is 12.4 Å². The van der Waals surface area contributed by atoms with Gasteiger partial charge in [-0.25, -0.2) is 9.67 Å². The fourth-order valence-corrected chi connectivity index (χ4v) is 4.01. The SMILES string of the molecule is CC(C)(C)c1ccc(=O)n(CC2CCN(Cc3cn4c(n3)COCC4)CC2)n1. The summed E-state index contributed by atoms with van der Waals surface area (Å²) >= 11 is 0. The van der Waals surface area contributed by atoms with Gasteiger partial charge < -0.3 is 9.30 Å². The summed E-state index contributed by atoms with van der Waals surface area (Å²) < 4.78 is 9.36. The van der Waals surface area contributed by atoms with Gasteiger partial charge in [0, 0.05) is 37.3 Å². The van der Waals surface area contributed by atoms with Crippen LogP contribution in [0.3, 0.4) is 0 Å². The molecule has 1 saturated heterocycles. The van der Waals surface area contributed by atoms with Gasteiger partial charge in [-0.3, -0.25) is 9.69 Å². The summed E-state index contributed by atoms with van der Waals surface area (Å²) in [5.41, 5.74) is 2.06. The van der Waals surface area contributed by atoms with Gasteiger partial charge in [-0.1, -0.05) is 20.8 Å². The van der Waals surface area contributed by atoms with Crippen LogP contribution in [0.1, 0.15) is 50.8 Å². The van der Waals surface area contributed by atoms with Gasteiger partial charge >= 0.3 is 0 Å². The summed E-state index contributed by atoms with van der Waals surface area (Å²) in [5.74, 6) is 1.54. The monoisotopic (exact) mass is 385 g/mol. The minimum absolute atomic E-state index is 0.00115. The van der Waals surface area contributed by atoms with Crippen LogP contribution in [0.2, 0.25) is 0 Å². The highest BCUT2D eigenvalue weighted by Gasteiger charge is 2.23. The zero-order valence-corrected chi connectivity index (χ0v) is 17.2. The van der Waals surface area contributed by atoms with Crippen molar-refractivity contribution in [1.29, 1.82) is 0 Å². The summed E-state index contributed by atoms with van der Waals surface area (Å²) in [5, 5.41) is 4.63. The Balaban J connectivity index is 1.33. The highest BCUT2D eigenvalue weighted by molar-refractivity contribution is 5.10. The van der Waals surface area contributed by atoms with Gasteiger partial charge in [0.15, 0.2) is 0 Å². The van der Waals surface area contributed by atoms with Crippen LogP contribution >= 0.6 is 0 Å². The topological polar surface area (TPSA) is 65.2 Å². The number of imidazole rings is 1. The Hall–Kier alpha value is -1.99. The van der Waals surface area contributed by atoms with Crippen LogP contribution in [-0.4, -0.2) is 43.9 Å². The molecule has 0 aromatic carbocycles. The average molecular weight is 386 g/mol. The third kappa shape index (κ3) is 4.36. The van der Waals surface area contributed by atoms with Crippen LogP contribution in [0, 0.1) is 5.92 Å². The number of rotatable bonds is 4. The van der Waals surface area contributed by atoms with Crippen LogP contribution in [0.15, 0.2) is 23.1 Å². The van der Waals surface area contributed by atoms with Crippen molar-refractivity contribution >= 4 is 0 Å². The molecule has 7 nitrogen and oxygen atoms in total. The lowest BCUT2D eigenvalue weighted by Gasteiger charge is -2.31. The molecule has 2 aromatic rings. The highest BCUT2D eigenvalue weighted by Crippen LogP contribution is 2.22. The first-order chi connectivity index (χ1) is 13.4. The van der Waals surface area contributed by atoms with E-state index in [0.717, 1.165) is 62.8 Å². The molecule has 0 unspecified atom stereocenters. The van der Waals surface area contributed by atoms with Gasteiger partial charge in [-0.2, -0.15) is 5.10 Å². The number of nitrogens with zero attached hydrogens (tertiary/aromatic N) is 5. The number of likely N-dealkylation sites (tertiary alicyclic amines) is 1. The number of fused-ring (bicyclic) bond motifs is 1. The zero-order valence-electron chi connectivity index (χ0n) is 17.2. The molecule has 152 valence electrons. The molecule has 4 heterocycles. The van der Waals surface area contributed by atoms with E-state index in [0.29, 0.717) is 19.1 Å². The minimum atomic E-state index is -0.0480. The van der Waals surface area contributed by atoms with Gasteiger partial charge in [0.25, 0.3) is 5.56 Å². The Labute approximate surface area is 166 Å². The van der Waals surface area contributed by atoms with Crippen molar-refractivity contribution in [2.45, 2.75) is 65.3 Å². The fraction of sp³-hybridized carbons (Fsp3) is 0.667. The minimum Gasteiger partial charge on any atom is -0.372 e. The molecule has 0 radical (unpaired) electrons. The number of piperidine rings is 1. The van der Waals surface area contributed by atoms with E-state index in [1.165, 1.54) is 0 Å². The van der Waals surface area contributed by atoms with Gasteiger partial charge in [0.2, 0.25) is 0 Å². The molecule has 4 rings (SSSR count). The van der Waals surface area contributed by atoms with Gasteiger partial charge in [-0.05, 0) is 37.9 Å². The van der Waals surface area contributed by atoms with Crippen molar-refractivity contribution in [3.8, 4) is 0 Å². The molecule has 0 spiro atoms. The normalized spacial score (nSPS) is 19.0. The van der Waals surface area contributed by atoms with Crippen molar-refractivity contribution in [3.05, 3.63) is 45.9 Å². The third-order valence-electron chi connectivity index (χ3n) is 5.78. The molecule has 2 aliphatic rings. The molecular weight excluding hydrogens is 354 g/mol. The summed E-state index contributed by atoms with van der Waals surface area (Å²) in [6.45, 7) is 12.4. The Morgan fingerprint density at radius 1 is 1.18 bits per heavy atom. The summed E-state index contributed by atoms with van der Waals surface area (Å²) in [4.78, 5) is 19.4. The van der Waals surface area contributed by atoms with Crippen molar-refractivity contribution in [2.75, 3.05) is 19.7 Å². The largest absolute Gasteiger partial charge is 0.372 e. The summed E-state index contributed by atoms with van der Waals surface area (Å²) in [7, 11) is 0. The highest BCUT2D eigenvalue weighted by atomic mass is 16.5. The molecule has 2 aromatic heterocycles. The Kier molecular flexibility index (Phi) is 5.38. The molecule has 0 saturated carbocycles. The maximum atomic E-state index is 12.2. The molecule has 0 N–H and O–H groups in total. The first kappa shape index (κ1) is 19.3. The van der Waals surface area contributed by atoms with Crippen molar-refractivity contribution in [2.24, 2.45) is 5.92 Å². The van der Waals surface area contributed by atoms with Crippen LogP contribution < -0.4 is 5.56 Å². The van der Waals surface area contributed by atoms with E-state index in [1.807, 2.05) is 6.07 Å². The second-order valence-corrected chi connectivity index (χ2v) is 9.10. The quantitative estimate of drug-likeness (QED) is 0.807. The lowest BCUT2D eigenvalue weighted by molar-refractivity contribution is 0.0816. The van der Waals surface area contributed by atoms with Crippen molar-refractivity contribution in [3.63, 3.8) is 0 Å². The molecule has 0 atom stereocenters. The molecule has 0 aliphatic carbocycles. The first-order valence-electron chi connectivity index (χ1n) is 10.3. The standard InChI is InChI=1S/C21H31N5O2/c1-21(2,3)18-4-5-20(27)26(23-18)12-16-6-8-24(9-7-16)13-17-14-25-10-11-28-15-19(25)22-17/h4-5,14,16H,6-13,15H2,1-3H3. The van der Waals surface area contributed by atoms with E-state index in [9.17, 15) is 4.79 Å². The van der Waals surface area contributed by atoms with E-state index >= 15 is 0 Å². The second-order valence-electron chi connectivity index (χ2n) is 9.10. The maximum absolute atomic E-state index is 12.2. The number of hydrogen-bond acceptors (Lipinski definition) is 5. The molecular formula is C21H31N5O2. The molecule has 0 bridgehead atoms. The predicted octanol–water partition coefficient (Wildman–Crippen LogP) is 2.18. The summed E-state index contributed by atoms with van der Waals surface area (Å²) in [6.07, 6.45) is 4.35. The van der Waals surface area contributed by atoms with E-state index < -0.39 is 0 Å². The molecule has 1 fully saturated rings.